The lowest BCUT2D eigenvalue weighted by atomic mass is 9.63. The average molecular weight is 369 g/mol. The Hall–Kier alpha value is -2.36. The van der Waals surface area contributed by atoms with Gasteiger partial charge in [-0.1, -0.05) is 46.4 Å². The number of aliphatic imine (C=N–C) groups is 1. The van der Waals surface area contributed by atoms with Crippen LogP contribution >= 0.6 is 0 Å². The van der Waals surface area contributed by atoms with Gasteiger partial charge in [-0.05, 0) is 60.8 Å². The molecule has 1 aromatic rings. The van der Waals surface area contributed by atoms with Gasteiger partial charge in [0.2, 0.25) is 0 Å². The van der Waals surface area contributed by atoms with Crippen LogP contribution in [0.15, 0.2) is 47.2 Å². The Morgan fingerprint density at radius 3 is 2.33 bits per heavy atom. The van der Waals surface area contributed by atoms with Gasteiger partial charge < -0.3 is 10.0 Å². The van der Waals surface area contributed by atoms with Crippen molar-refractivity contribution in [2.45, 2.75) is 65.2 Å². The van der Waals surface area contributed by atoms with Crippen LogP contribution in [0.2, 0.25) is 0 Å². The van der Waals surface area contributed by atoms with E-state index in [9.17, 15) is 4.79 Å². The quantitative estimate of drug-likeness (QED) is 0.538. The van der Waals surface area contributed by atoms with Crippen LogP contribution in [0.25, 0.3) is 0 Å². The molecule has 0 radical (unpaired) electrons. The number of carboxylic acid groups (broad SMARTS) is 1. The Morgan fingerprint density at radius 2 is 1.81 bits per heavy atom. The van der Waals surface area contributed by atoms with Gasteiger partial charge in [0.25, 0.3) is 0 Å². The third kappa shape index (κ3) is 4.32. The molecule has 0 spiro atoms. The Balaban J connectivity index is 2.40. The van der Waals surface area contributed by atoms with Gasteiger partial charge in [-0.2, -0.15) is 0 Å². The molecule has 0 aromatic heterocycles. The lowest BCUT2D eigenvalue weighted by Gasteiger charge is -2.42. The summed E-state index contributed by atoms with van der Waals surface area (Å²) in [4.78, 5) is 17.5. The first kappa shape index (κ1) is 20.9. The number of anilines is 1. The molecule has 0 atom stereocenters. The molecule has 0 saturated carbocycles. The number of benzene rings is 1. The van der Waals surface area contributed by atoms with Crippen molar-refractivity contribution in [2.24, 2.45) is 4.99 Å². The molecule has 0 heterocycles. The maximum absolute atomic E-state index is 11.1. The van der Waals surface area contributed by atoms with Crippen LogP contribution in [0.1, 0.15) is 65.5 Å². The minimum absolute atomic E-state index is 0.131. The monoisotopic (exact) mass is 368 g/mol. The van der Waals surface area contributed by atoms with E-state index in [1.54, 1.807) is 6.92 Å². The summed E-state index contributed by atoms with van der Waals surface area (Å²) in [6.45, 7) is 17.7. The summed E-state index contributed by atoms with van der Waals surface area (Å²) in [6, 6.07) is 6.62. The van der Waals surface area contributed by atoms with Gasteiger partial charge in [-0.15, -0.1) is 0 Å². The molecule has 0 unspecified atom stereocenters. The molecule has 1 N–H and O–H groups in total. The SMILES string of the molecule is C=C(/N=C\C(=C/C)C(=O)O)N(CC)c1ccc2c(c1)C(C)(C)CCC2(C)C. The minimum atomic E-state index is -0.991. The van der Waals surface area contributed by atoms with E-state index >= 15 is 0 Å². The van der Waals surface area contributed by atoms with E-state index in [1.165, 1.54) is 29.8 Å². The van der Waals surface area contributed by atoms with Crippen molar-refractivity contribution in [3.8, 4) is 0 Å². The van der Waals surface area contributed by atoms with Gasteiger partial charge in [0.1, 0.15) is 5.82 Å². The number of allylic oxidation sites excluding steroid dienone is 1. The van der Waals surface area contributed by atoms with Crippen LogP contribution in [0, 0.1) is 0 Å². The van der Waals surface area contributed by atoms with Gasteiger partial charge in [-0.25, -0.2) is 9.79 Å². The van der Waals surface area contributed by atoms with Crippen molar-refractivity contribution in [2.75, 3.05) is 11.4 Å². The summed E-state index contributed by atoms with van der Waals surface area (Å²) in [6.07, 6.45) is 5.23. The molecule has 0 bridgehead atoms. The zero-order valence-electron chi connectivity index (χ0n) is 17.5. The molecule has 0 fully saturated rings. The predicted octanol–water partition coefficient (Wildman–Crippen LogP) is 5.43. The summed E-state index contributed by atoms with van der Waals surface area (Å²) >= 11 is 0. The molecule has 146 valence electrons. The normalized spacial score (nSPS) is 18.2. The van der Waals surface area contributed by atoms with Crippen molar-refractivity contribution in [3.05, 3.63) is 53.4 Å². The van der Waals surface area contributed by atoms with Crippen molar-refractivity contribution in [1.29, 1.82) is 0 Å². The maximum atomic E-state index is 11.1. The van der Waals surface area contributed by atoms with Crippen LogP contribution in [-0.2, 0) is 15.6 Å². The second-order valence-electron chi connectivity index (χ2n) is 8.47. The van der Waals surface area contributed by atoms with E-state index < -0.39 is 5.97 Å². The van der Waals surface area contributed by atoms with E-state index in [2.05, 4.69) is 57.5 Å². The largest absolute Gasteiger partial charge is 0.478 e. The van der Waals surface area contributed by atoms with Gasteiger partial charge in [0, 0.05) is 18.4 Å². The third-order valence-electron chi connectivity index (χ3n) is 5.69. The summed E-state index contributed by atoms with van der Waals surface area (Å²) < 4.78 is 0. The van der Waals surface area contributed by atoms with Crippen LogP contribution < -0.4 is 4.90 Å². The molecule has 2 rings (SSSR count). The fraction of sp³-hybridized carbons (Fsp3) is 0.478. The maximum Gasteiger partial charge on any atom is 0.336 e. The number of aliphatic carboxylic acids is 1. The van der Waals surface area contributed by atoms with E-state index in [0.29, 0.717) is 12.4 Å². The number of hydrogen-bond donors (Lipinski definition) is 1. The highest BCUT2D eigenvalue weighted by Gasteiger charge is 2.37. The van der Waals surface area contributed by atoms with Gasteiger partial charge in [-0.3, -0.25) is 0 Å². The number of fused-ring (bicyclic) bond motifs is 1. The highest BCUT2D eigenvalue weighted by molar-refractivity contribution is 6.08. The molecule has 1 aliphatic rings. The summed E-state index contributed by atoms with van der Waals surface area (Å²) in [5, 5.41) is 9.14. The third-order valence-corrected chi connectivity index (χ3v) is 5.69. The number of carbonyl (C=O) groups is 1. The van der Waals surface area contributed by atoms with Crippen LogP contribution in [0.5, 0.6) is 0 Å². The number of hydrogen-bond acceptors (Lipinski definition) is 3. The Morgan fingerprint density at radius 1 is 1.22 bits per heavy atom. The molecule has 27 heavy (non-hydrogen) atoms. The van der Waals surface area contributed by atoms with Crippen molar-refractivity contribution in [3.63, 3.8) is 0 Å². The first-order chi connectivity index (χ1) is 12.5. The fourth-order valence-corrected chi connectivity index (χ4v) is 3.73. The first-order valence-corrected chi connectivity index (χ1v) is 9.58. The zero-order chi connectivity index (χ0) is 20.4. The topological polar surface area (TPSA) is 52.9 Å². The summed E-state index contributed by atoms with van der Waals surface area (Å²) in [5.74, 6) is -0.458. The number of nitrogens with zero attached hydrogens (tertiary/aromatic N) is 2. The fourth-order valence-electron chi connectivity index (χ4n) is 3.73. The Bertz CT molecular complexity index is 801. The molecule has 1 aromatic carbocycles. The Kier molecular flexibility index (Phi) is 5.98. The molecule has 1 aliphatic carbocycles. The smallest absolute Gasteiger partial charge is 0.336 e. The van der Waals surface area contributed by atoms with Crippen LogP contribution in [0.3, 0.4) is 0 Å². The number of rotatable bonds is 6. The average Bonchev–Trinajstić information content (AvgIpc) is 2.60. The lowest BCUT2D eigenvalue weighted by Crippen LogP contribution is -2.34. The van der Waals surface area contributed by atoms with E-state index in [0.717, 1.165) is 12.1 Å². The first-order valence-electron chi connectivity index (χ1n) is 9.58. The highest BCUT2D eigenvalue weighted by Crippen LogP contribution is 2.46. The second kappa shape index (κ2) is 7.71. The Labute approximate surface area is 163 Å². The second-order valence-corrected chi connectivity index (χ2v) is 8.47. The molecular weight excluding hydrogens is 336 g/mol. The van der Waals surface area contributed by atoms with E-state index in [1.807, 2.05) is 11.8 Å². The zero-order valence-corrected chi connectivity index (χ0v) is 17.5. The highest BCUT2D eigenvalue weighted by atomic mass is 16.4. The lowest BCUT2D eigenvalue weighted by molar-refractivity contribution is -0.132. The molecule has 4 nitrogen and oxygen atoms in total. The van der Waals surface area contributed by atoms with Crippen molar-refractivity contribution in [1.82, 2.24) is 0 Å². The van der Waals surface area contributed by atoms with Crippen molar-refractivity contribution < 1.29 is 9.90 Å². The van der Waals surface area contributed by atoms with E-state index in [4.69, 9.17) is 5.11 Å². The van der Waals surface area contributed by atoms with E-state index in [-0.39, 0.29) is 16.4 Å². The molecular formula is C23H32N2O2. The van der Waals surface area contributed by atoms with Gasteiger partial charge >= 0.3 is 5.97 Å². The molecule has 0 amide bonds. The molecule has 0 aliphatic heterocycles. The van der Waals surface area contributed by atoms with Crippen LogP contribution in [0.4, 0.5) is 5.69 Å². The number of carboxylic acids is 1. The summed E-state index contributed by atoms with van der Waals surface area (Å²) in [5.41, 5.74) is 4.30. The van der Waals surface area contributed by atoms with Gasteiger partial charge in [0.05, 0.1) is 5.57 Å². The van der Waals surface area contributed by atoms with Crippen molar-refractivity contribution >= 4 is 17.9 Å². The molecule has 0 saturated heterocycles. The van der Waals surface area contributed by atoms with Gasteiger partial charge in [0.15, 0.2) is 0 Å². The predicted molar refractivity (Wildman–Crippen MR) is 114 cm³/mol. The molecule has 4 heteroatoms. The standard InChI is InChI=1S/C23H32N2O2/c1-8-17(21(26)27)15-24-16(3)25(9-2)18-10-11-19-20(14-18)23(6,7)13-12-22(19,4)5/h8,10-11,14-15H,3,9,12-13H2,1-2,4-7H3,(H,26,27)/b17-8+,24-15-. The van der Waals surface area contributed by atoms with Crippen LogP contribution in [-0.4, -0.2) is 23.8 Å². The summed E-state index contributed by atoms with van der Waals surface area (Å²) in [7, 11) is 0. The minimum Gasteiger partial charge on any atom is -0.478 e.